The van der Waals surface area contributed by atoms with Crippen LogP contribution in [0.15, 0.2) is 30.3 Å². The van der Waals surface area contributed by atoms with Crippen LogP contribution in [0.1, 0.15) is 31.3 Å². The van der Waals surface area contributed by atoms with Crippen molar-refractivity contribution in [2.75, 3.05) is 5.32 Å². The van der Waals surface area contributed by atoms with Gasteiger partial charge in [-0.05, 0) is 26.3 Å². The maximum atomic E-state index is 11.6. The zero-order valence-electron chi connectivity index (χ0n) is 12.8. The average Bonchev–Trinajstić information content (AvgIpc) is 2.85. The number of carbonyl (C=O) groups is 1. The molecule has 22 heavy (non-hydrogen) atoms. The molecule has 0 saturated heterocycles. The molecule has 0 spiro atoms. The fourth-order valence-electron chi connectivity index (χ4n) is 1.58. The predicted molar refractivity (Wildman–Crippen MR) is 84.7 cm³/mol. The Bertz CT molecular complexity index is 608. The molecule has 1 N–H and O–H groups in total. The lowest BCUT2D eigenvalue weighted by Crippen LogP contribution is -2.27. The van der Waals surface area contributed by atoms with E-state index < -0.39 is 11.7 Å². The van der Waals surface area contributed by atoms with Gasteiger partial charge in [-0.3, -0.25) is 5.32 Å². The molecule has 0 aliphatic heterocycles. The molecule has 1 heterocycles. The number of hydrogen-bond donors (Lipinski definition) is 1. The normalized spacial score (nSPS) is 11.2. The van der Waals surface area contributed by atoms with Gasteiger partial charge in [-0.25, -0.2) is 4.79 Å². The van der Waals surface area contributed by atoms with Gasteiger partial charge in [-0.2, -0.15) is 0 Å². The number of nitrogens with zero attached hydrogens (tertiary/aromatic N) is 2. The first-order valence-electron chi connectivity index (χ1n) is 6.86. The first-order chi connectivity index (χ1) is 10.4. The molecule has 0 aliphatic carbocycles. The van der Waals surface area contributed by atoms with Crippen molar-refractivity contribution >= 4 is 22.6 Å². The van der Waals surface area contributed by atoms with Crippen molar-refractivity contribution in [3.05, 3.63) is 40.9 Å². The fourth-order valence-corrected chi connectivity index (χ4v) is 2.25. The van der Waals surface area contributed by atoms with Crippen LogP contribution in [0.2, 0.25) is 0 Å². The topological polar surface area (TPSA) is 73.3 Å². The maximum absolute atomic E-state index is 11.6. The zero-order chi connectivity index (χ0) is 16.0. The van der Waals surface area contributed by atoms with E-state index in [9.17, 15) is 4.79 Å². The van der Waals surface area contributed by atoms with Gasteiger partial charge in [-0.15, -0.1) is 10.2 Å². The standard InChI is InChI=1S/C15H19N3O3S/c1-15(2,3)21-14(19)16-13-18-17-12(22-13)10-20-9-11-7-5-4-6-8-11/h4-8H,9-10H2,1-3H3,(H,16,18,19). The van der Waals surface area contributed by atoms with Crippen LogP contribution in [0, 0.1) is 0 Å². The Morgan fingerprint density at radius 1 is 1.18 bits per heavy atom. The highest BCUT2D eigenvalue weighted by molar-refractivity contribution is 7.15. The van der Waals surface area contributed by atoms with Crippen LogP contribution in [0.25, 0.3) is 0 Å². The Morgan fingerprint density at radius 2 is 1.91 bits per heavy atom. The van der Waals surface area contributed by atoms with Crippen molar-refractivity contribution in [2.24, 2.45) is 0 Å². The second-order valence-electron chi connectivity index (χ2n) is 5.61. The summed E-state index contributed by atoms with van der Waals surface area (Å²) in [6, 6.07) is 9.88. The number of carbonyl (C=O) groups excluding carboxylic acids is 1. The van der Waals surface area contributed by atoms with Crippen LogP contribution in [0.5, 0.6) is 0 Å². The van der Waals surface area contributed by atoms with Gasteiger partial charge in [0, 0.05) is 0 Å². The van der Waals surface area contributed by atoms with E-state index in [1.54, 1.807) is 20.8 Å². The molecule has 2 rings (SSSR count). The van der Waals surface area contributed by atoms with Gasteiger partial charge < -0.3 is 9.47 Å². The molecule has 0 bridgehead atoms. The van der Waals surface area contributed by atoms with Crippen LogP contribution in [0.3, 0.4) is 0 Å². The third kappa shape index (κ3) is 5.79. The summed E-state index contributed by atoms with van der Waals surface area (Å²) in [6.07, 6.45) is -0.541. The van der Waals surface area contributed by atoms with E-state index in [0.717, 1.165) is 5.56 Å². The first kappa shape index (κ1) is 16.4. The van der Waals surface area contributed by atoms with Gasteiger partial charge in [0.25, 0.3) is 0 Å². The molecule has 0 radical (unpaired) electrons. The summed E-state index contributed by atoms with van der Waals surface area (Å²) in [7, 11) is 0. The number of hydrogen-bond acceptors (Lipinski definition) is 6. The third-order valence-electron chi connectivity index (χ3n) is 2.41. The zero-order valence-corrected chi connectivity index (χ0v) is 13.6. The van der Waals surface area contributed by atoms with Crippen molar-refractivity contribution in [1.82, 2.24) is 10.2 Å². The van der Waals surface area contributed by atoms with Crippen LogP contribution in [0.4, 0.5) is 9.93 Å². The summed E-state index contributed by atoms with van der Waals surface area (Å²) >= 11 is 1.26. The molecule has 0 atom stereocenters. The summed E-state index contributed by atoms with van der Waals surface area (Å²) in [5.74, 6) is 0. The van der Waals surface area contributed by atoms with Crippen LogP contribution < -0.4 is 5.32 Å². The molecule has 0 saturated carbocycles. The third-order valence-corrected chi connectivity index (χ3v) is 3.22. The monoisotopic (exact) mass is 321 g/mol. The molecule has 0 fully saturated rings. The lowest BCUT2D eigenvalue weighted by Gasteiger charge is -2.18. The number of aromatic nitrogens is 2. The summed E-state index contributed by atoms with van der Waals surface area (Å²) in [5, 5.41) is 11.5. The Morgan fingerprint density at radius 3 is 2.59 bits per heavy atom. The van der Waals surface area contributed by atoms with Crippen molar-refractivity contribution in [2.45, 2.75) is 39.6 Å². The molecule has 2 aromatic rings. The minimum atomic E-state index is -0.545. The molecule has 0 aliphatic rings. The first-order valence-corrected chi connectivity index (χ1v) is 7.68. The van der Waals surface area contributed by atoms with Crippen molar-refractivity contribution in [3.63, 3.8) is 0 Å². The van der Waals surface area contributed by atoms with Gasteiger partial charge in [0.15, 0.2) is 0 Å². The van der Waals surface area contributed by atoms with Crippen LogP contribution in [-0.2, 0) is 22.7 Å². The van der Waals surface area contributed by atoms with Gasteiger partial charge in [0.2, 0.25) is 5.13 Å². The molecule has 0 unspecified atom stereocenters. The Kier molecular flexibility index (Phi) is 5.46. The summed E-state index contributed by atoms with van der Waals surface area (Å²) in [6.45, 7) is 6.26. The predicted octanol–water partition coefficient (Wildman–Crippen LogP) is 3.60. The van der Waals surface area contributed by atoms with Gasteiger partial charge >= 0.3 is 6.09 Å². The molecule has 7 heteroatoms. The smallest absolute Gasteiger partial charge is 0.414 e. The SMILES string of the molecule is CC(C)(C)OC(=O)Nc1nnc(COCc2ccccc2)s1. The Labute approximate surface area is 133 Å². The van der Waals surface area contributed by atoms with Gasteiger partial charge in [0.1, 0.15) is 17.2 Å². The average molecular weight is 321 g/mol. The van der Waals surface area contributed by atoms with Crippen molar-refractivity contribution in [1.29, 1.82) is 0 Å². The van der Waals surface area contributed by atoms with Crippen molar-refractivity contribution in [3.8, 4) is 0 Å². The minimum absolute atomic E-state index is 0.350. The van der Waals surface area contributed by atoms with Crippen molar-refractivity contribution < 1.29 is 14.3 Å². The summed E-state index contributed by atoms with van der Waals surface area (Å²) < 4.78 is 10.7. The molecular formula is C15H19N3O3S. The largest absolute Gasteiger partial charge is 0.444 e. The second-order valence-corrected chi connectivity index (χ2v) is 6.67. The van der Waals surface area contributed by atoms with E-state index in [0.29, 0.717) is 23.4 Å². The van der Waals surface area contributed by atoms with Crippen LogP contribution >= 0.6 is 11.3 Å². The number of amides is 1. The highest BCUT2D eigenvalue weighted by Gasteiger charge is 2.17. The Hall–Kier alpha value is -1.99. The number of nitrogens with one attached hydrogen (secondary N) is 1. The van der Waals surface area contributed by atoms with Gasteiger partial charge in [-0.1, -0.05) is 41.7 Å². The van der Waals surface area contributed by atoms with E-state index >= 15 is 0 Å². The van der Waals surface area contributed by atoms with E-state index in [1.807, 2.05) is 30.3 Å². The van der Waals surface area contributed by atoms with Crippen LogP contribution in [-0.4, -0.2) is 21.9 Å². The number of anilines is 1. The Balaban J connectivity index is 1.78. The molecule has 1 amide bonds. The molecule has 1 aromatic carbocycles. The van der Waals surface area contributed by atoms with E-state index in [4.69, 9.17) is 9.47 Å². The fraction of sp³-hybridized carbons (Fsp3) is 0.400. The van der Waals surface area contributed by atoms with E-state index in [-0.39, 0.29) is 0 Å². The lowest BCUT2D eigenvalue weighted by molar-refractivity contribution is 0.0636. The molecule has 1 aromatic heterocycles. The molecular weight excluding hydrogens is 302 g/mol. The van der Waals surface area contributed by atoms with Gasteiger partial charge in [0.05, 0.1) is 6.61 Å². The maximum Gasteiger partial charge on any atom is 0.414 e. The summed E-state index contributed by atoms with van der Waals surface area (Å²) in [5.41, 5.74) is 0.551. The number of rotatable bonds is 5. The van der Waals surface area contributed by atoms with E-state index in [2.05, 4.69) is 15.5 Å². The quantitative estimate of drug-likeness (QED) is 0.911. The second kappa shape index (κ2) is 7.33. The molecule has 6 nitrogen and oxygen atoms in total. The highest BCUT2D eigenvalue weighted by atomic mass is 32.1. The molecule has 118 valence electrons. The van der Waals surface area contributed by atoms with E-state index in [1.165, 1.54) is 11.3 Å². The minimum Gasteiger partial charge on any atom is -0.444 e. The number of ether oxygens (including phenoxy) is 2. The lowest BCUT2D eigenvalue weighted by atomic mass is 10.2. The highest BCUT2D eigenvalue weighted by Crippen LogP contribution is 2.18. The summed E-state index contributed by atoms with van der Waals surface area (Å²) in [4.78, 5) is 11.6. The number of benzene rings is 1.